The number of hydrogen-bond acceptors (Lipinski definition) is 6. The molecule has 0 aliphatic heterocycles. The molecule has 0 aliphatic rings. The van der Waals surface area contributed by atoms with Crippen molar-refractivity contribution in [1.29, 1.82) is 0 Å². The number of hydrogen-bond donors (Lipinski definition) is 2. The van der Waals surface area contributed by atoms with Crippen LogP contribution in [0.4, 0.5) is 11.4 Å². The van der Waals surface area contributed by atoms with Gasteiger partial charge in [0.15, 0.2) is 0 Å². The first-order chi connectivity index (χ1) is 13.7. The SMILES string of the molecule is CCOc1ccccc1NC(=O)c1sc2nc(-c3ccccn3)ccc2c1N. The summed E-state index contributed by atoms with van der Waals surface area (Å²) in [6.45, 7) is 2.41. The number of pyridine rings is 2. The molecule has 0 saturated carbocycles. The Balaban J connectivity index is 1.67. The molecule has 140 valence electrons. The molecule has 3 heterocycles. The van der Waals surface area contributed by atoms with E-state index in [1.165, 1.54) is 11.3 Å². The molecule has 4 aromatic rings. The van der Waals surface area contributed by atoms with Crippen molar-refractivity contribution >= 4 is 38.8 Å². The number of benzene rings is 1. The first kappa shape index (κ1) is 17.9. The van der Waals surface area contributed by atoms with Gasteiger partial charge in [-0.1, -0.05) is 18.2 Å². The highest BCUT2D eigenvalue weighted by Gasteiger charge is 2.19. The van der Waals surface area contributed by atoms with Gasteiger partial charge in [0.25, 0.3) is 5.91 Å². The normalized spacial score (nSPS) is 10.8. The van der Waals surface area contributed by atoms with Gasteiger partial charge in [0.2, 0.25) is 0 Å². The zero-order chi connectivity index (χ0) is 19.5. The van der Waals surface area contributed by atoms with E-state index in [0.717, 1.165) is 16.8 Å². The van der Waals surface area contributed by atoms with Crippen molar-refractivity contribution in [2.45, 2.75) is 6.92 Å². The van der Waals surface area contributed by atoms with E-state index >= 15 is 0 Å². The van der Waals surface area contributed by atoms with Gasteiger partial charge in [0.1, 0.15) is 15.5 Å². The summed E-state index contributed by atoms with van der Waals surface area (Å²) in [5.74, 6) is 0.334. The van der Waals surface area contributed by atoms with Gasteiger partial charge in [0.05, 0.1) is 29.4 Å². The second-order valence-electron chi connectivity index (χ2n) is 5.99. The molecule has 3 N–H and O–H groups in total. The molecule has 6 nitrogen and oxygen atoms in total. The maximum atomic E-state index is 12.8. The Morgan fingerprint density at radius 3 is 2.71 bits per heavy atom. The zero-order valence-electron chi connectivity index (χ0n) is 15.2. The fourth-order valence-electron chi connectivity index (χ4n) is 2.85. The summed E-state index contributed by atoms with van der Waals surface area (Å²) < 4.78 is 5.57. The number of nitrogens with zero attached hydrogens (tertiary/aromatic N) is 2. The van der Waals surface area contributed by atoms with Crippen LogP contribution in [0.25, 0.3) is 21.6 Å². The van der Waals surface area contributed by atoms with Crippen molar-refractivity contribution in [3.05, 3.63) is 65.7 Å². The molecular formula is C21H18N4O2S. The summed E-state index contributed by atoms with van der Waals surface area (Å²) in [5.41, 5.74) is 8.78. The first-order valence-electron chi connectivity index (χ1n) is 8.81. The molecular weight excluding hydrogens is 372 g/mol. The van der Waals surface area contributed by atoms with E-state index in [2.05, 4.69) is 15.3 Å². The number of carbonyl (C=O) groups excluding carboxylic acids is 1. The third-order valence-corrected chi connectivity index (χ3v) is 5.28. The standard InChI is InChI=1S/C21H18N4O2S/c1-2-27-17-9-4-3-8-16(17)24-20(26)19-18(22)13-10-11-15(25-21(13)28-19)14-7-5-6-12-23-14/h3-12H,2,22H2,1H3,(H,24,26). The van der Waals surface area contributed by atoms with Crippen LogP contribution < -0.4 is 15.8 Å². The van der Waals surface area contributed by atoms with Crippen molar-refractivity contribution in [2.75, 3.05) is 17.7 Å². The number of rotatable bonds is 5. The van der Waals surface area contributed by atoms with E-state index in [1.54, 1.807) is 12.3 Å². The lowest BCUT2D eigenvalue weighted by Crippen LogP contribution is -2.13. The van der Waals surface area contributed by atoms with Crippen molar-refractivity contribution in [2.24, 2.45) is 0 Å². The second-order valence-corrected chi connectivity index (χ2v) is 6.99. The summed E-state index contributed by atoms with van der Waals surface area (Å²) in [4.78, 5) is 22.9. The van der Waals surface area contributed by atoms with Crippen LogP contribution in [0.1, 0.15) is 16.6 Å². The minimum absolute atomic E-state index is 0.285. The fraction of sp³-hybridized carbons (Fsp3) is 0.0952. The average molecular weight is 390 g/mol. The topological polar surface area (TPSA) is 90.1 Å². The molecule has 0 unspecified atom stereocenters. The lowest BCUT2D eigenvalue weighted by atomic mass is 10.2. The summed E-state index contributed by atoms with van der Waals surface area (Å²) in [7, 11) is 0. The maximum absolute atomic E-state index is 12.8. The highest BCUT2D eigenvalue weighted by molar-refractivity contribution is 7.21. The van der Waals surface area contributed by atoms with Crippen LogP contribution in [0.2, 0.25) is 0 Å². The van der Waals surface area contributed by atoms with Gasteiger partial charge >= 0.3 is 0 Å². The van der Waals surface area contributed by atoms with Crippen molar-refractivity contribution < 1.29 is 9.53 Å². The second kappa shape index (κ2) is 7.66. The Morgan fingerprint density at radius 1 is 1.11 bits per heavy atom. The number of nitrogens with one attached hydrogen (secondary N) is 1. The lowest BCUT2D eigenvalue weighted by Gasteiger charge is -2.10. The number of amides is 1. The number of ether oxygens (including phenoxy) is 1. The molecule has 0 spiro atoms. The van der Waals surface area contributed by atoms with Gasteiger partial charge in [-0.3, -0.25) is 9.78 Å². The van der Waals surface area contributed by atoms with E-state index in [1.807, 2.05) is 55.5 Å². The summed E-state index contributed by atoms with van der Waals surface area (Å²) >= 11 is 1.26. The Bertz CT molecular complexity index is 1140. The summed E-state index contributed by atoms with van der Waals surface area (Å²) in [5, 5.41) is 3.64. The predicted molar refractivity (Wildman–Crippen MR) is 113 cm³/mol. The van der Waals surface area contributed by atoms with Gasteiger partial charge in [-0.2, -0.15) is 0 Å². The summed E-state index contributed by atoms with van der Waals surface area (Å²) in [6, 6.07) is 16.7. The van der Waals surface area contributed by atoms with Crippen molar-refractivity contribution in [1.82, 2.24) is 9.97 Å². The molecule has 0 radical (unpaired) electrons. The molecule has 0 aliphatic carbocycles. The maximum Gasteiger partial charge on any atom is 0.268 e. The van der Waals surface area contributed by atoms with Crippen LogP contribution in [0, 0.1) is 0 Å². The fourth-order valence-corrected chi connectivity index (χ4v) is 3.84. The molecule has 1 aromatic carbocycles. The quantitative estimate of drug-likeness (QED) is 0.520. The molecule has 4 rings (SSSR count). The van der Waals surface area contributed by atoms with Gasteiger partial charge in [-0.15, -0.1) is 11.3 Å². The van der Waals surface area contributed by atoms with Crippen molar-refractivity contribution in [3.8, 4) is 17.1 Å². The number of anilines is 2. The molecule has 28 heavy (non-hydrogen) atoms. The van der Waals surface area contributed by atoms with Crippen LogP contribution in [-0.2, 0) is 0 Å². The van der Waals surface area contributed by atoms with Gasteiger partial charge in [-0.25, -0.2) is 4.98 Å². The third kappa shape index (κ3) is 3.39. The Morgan fingerprint density at radius 2 is 1.93 bits per heavy atom. The number of aromatic nitrogens is 2. The zero-order valence-corrected chi connectivity index (χ0v) is 16.0. The first-order valence-corrected chi connectivity index (χ1v) is 9.62. The predicted octanol–water partition coefficient (Wildman–Crippen LogP) is 4.59. The highest BCUT2D eigenvalue weighted by Crippen LogP contribution is 2.35. The minimum Gasteiger partial charge on any atom is -0.492 e. The molecule has 0 saturated heterocycles. The van der Waals surface area contributed by atoms with Crippen LogP contribution in [0.15, 0.2) is 60.8 Å². The molecule has 1 amide bonds. The number of thiophene rings is 1. The number of carbonyl (C=O) groups is 1. The van der Waals surface area contributed by atoms with E-state index in [-0.39, 0.29) is 5.91 Å². The van der Waals surface area contributed by atoms with E-state index in [4.69, 9.17) is 10.5 Å². The molecule has 0 fully saturated rings. The highest BCUT2D eigenvalue weighted by atomic mass is 32.1. The average Bonchev–Trinajstić information content (AvgIpc) is 3.06. The van der Waals surface area contributed by atoms with E-state index < -0.39 is 0 Å². The van der Waals surface area contributed by atoms with Gasteiger partial charge in [-0.05, 0) is 43.3 Å². The lowest BCUT2D eigenvalue weighted by molar-refractivity contribution is 0.103. The Labute approximate surface area is 166 Å². The van der Waals surface area contributed by atoms with Crippen LogP contribution in [-0.4, -0.2) is 22.5 Å². The minimum atomic E-state index is -0.285. The van der Waals surface area contributed by atoms with Crippen molar-refractivity contribution in [3.63, 3.8) is 0 Å². The summed E-state index contributed by atoms with van der Waals surface area (Å²) in [6.07, 6.45) is 1.72. The Kier molecular flexibility index (Phi) is 4.90. The van der Waals surface area contributed by atoms with Crippen LogP contribution >= 0.6 is 11.3 Å². The van der Waals surface area contributed by atoms with Gasteiger partial charge < -0.3 is 15.8 Å². The van der Waals surface area contributed by atoms with E-state index in [9.17, 15) is 4.79 Å². The number of para-hydroxylation sites is 2. The monoisotopic (exact) mass is 390 g/mol. The Hall–Kier alpha value is -3.45. The number of fused-ring (bicyclic) bond motifs is 1. The molecule has 0 bridgehead atoms. The molecule has 0 atom stereocenters. The van der Waals surface area contributed by atoms with E-state index in [0.29, 0.717) is 33.4 Å². The largest absolute Gasteiger partial charge is 0.492 e. The van der Waals surface area contributed by atoms with Crippen LogP contribution in [0.5, 0.6) is 5.75 Å². The van der Waals surface area contributed by atoms with Gasteiger partial charge in [0, 0.05) is 11.6 Å². The smallest absolute Gasteiger partial charge is 0.268 e. The van der Waals surface area contributed by atoms with Crippen LogP contribution in [0.3, 0.4) is 0 Å². The molecule has 7 heteroatoms. The number of nitrogen functional groups attached to an aromatic ring is 1. The molecule has 3 aromatic heterocycles. The third-order valence-electron chi connectivity index (χ3n) is 4.16. The number of nitrogens with two attached hydrogens (primary N) is 1.